The molecule has 0 spiro atoms. The first-order valence-electron chi connectivity index (χ1n) is 5.62. The highest BCUT2D eigenvalue weighted by molar-refractivity contribution is 7.81. The molecule has 0 aliphatic heterocycles. The summed E-state index contributed by atoms with van der Waals surface area (Å²) in [4.78, 5) is 0. The van der Waals surface area contributed by atoms with Crippen LogP contribution < -0.4 is 0 Å². The van der Waals surface area contributed by atoms with Gasteiger partial charge in [-0.3, -0.25) is 0 Å². The molecule has 0 N–H and O–H groups in total. The Balaban J connectivity index is 4.17. The van der Waals surface area contributed by atoms with E-state index in [1.165, 1.54) is 0 Å². The predicted octanol–water partition coefficient (Wildman–Crippen LogP) is 3.95. The molecule has 0 rings (SSSR count). The number of rotatable bonds is 7. The Bertz CT molecular complexity index is 195. The van der Waals surface area contributed by atoms with Crippen molar-refractivity contribution in [3.8, 4) is 0 Å². The van der Waals surface area contributed by atoms with Gasteiger partial charge in [0.05, 0.1) is 13.2 Å². The summed E-state index contributed by atoms with van der Waals surface area (Å²) < 4.78 is 5.59. The highest BCUT2D eigenvalue weighted by Gasteiger charge is 2.32. The SMILES string of the molecule is C=CCOCC(C)(C)CC(C)(S)C(C)C. The lowest BCUT2D eigenvalue weighted by molar-refractivity contribution is 0.0663. The first-order valence-corrected chi connectivity index (χ1v) is 6.07. The van der Waals surface area contributed by atoms with Crippen LogP contribution >= 0.6 is 12.6 Å². The molecule has 0 aromatic carbocycles. The molecule has 90 valence electrons. The van der Waals surface area contributed by atoms with E-state index in [4.69, 9.17) is 17.4 Å². The van der Waals surface area contributed by atoms with E-state index in [1.54, 1.807) is 6.08 Å². The number of ether oxygens (including phenoxy) is 1. The van der Waals surface area contributed by atoms with E-state index >= 15 is 0 Å². The van der Waals surface area contributed by atoms with Gasteiger partial charge in [0.25, 0.3) is 0 Å². The van der Waals surface area contributed by atoms with Crippen LogP contribution in [0.1, 0.15) is 41.0 Å². The zero-order valence-electron chi connectivity index (χ0n) is 10.8. The lowest BCUT2D eigenvalue weighted by atomic mass is 9.79. The molecule has 0 bridgehead atoms. The summed E-state index contributed by atoms with van der Waals surface area (Å²) in [7, 11) is 0. The second-order valence-corrected chi connectivity index (χ2v) is 6.68. The molecule has 0 radical (unpaired) electrons. The van der Waals surface area contributed by atoms with Crippen molar-refractivity contribution < 1.29 is 4.74 Å². The average molecular weight is 230 g/mol. The van der Waals surface area contributed by atoms with Gasteiger partial charge in [0.15, 0.2) is 0 Å². The molecule has 0 aromatic heterocycles. The summed E-state index contributed by atoms with van der Waals surface area (Å²) >= 11 is 4.74. The number of hydrogen-bond acceptors (Lipinski definition) is 2. The summed E-state index contributed by atoms with van der Waals surface area (Å²) in [6.45, 7) is 16.1. The molecule has 2 heteroatoms. The normalized spacial score (nSPS) is 16.5. The fourth-order valence-corrected chi connectivity index (χ4v) is 2.07. The van der Waals surface area contributed by atoms with Crippen LogP contribution in [0.3, 0.4) is 0 Å². The van der Waals surface area contributed by atoms with Crippen LogP contribution in [0.2, 0.25) is 0 Å². The van der Waals surface area contributed by atoms with Crippen LogP contribution in [0.15, 0.2) is 12.7 Å². The summed E-state index contributed by atoms with van der Waals surface area (Å²) in [6.07, 6.45) is 2.84. The minimum absolute atomic E-state index is 0.0705. The summed E-state index contributed by atoms with van der Waals surface area (Å²) in [5.41, 5.74) is 0.170. The van der Waals surface area contributed by atoms with Crippen molar-refractivity contribution in [2.24, 2.45) is 11.3 Å². The van der Waals surface area contributed by atoms with Crippen molar-refractivity contribution in [1.29, 1.82) is 0 Å². The third-order valence-corrected chi connectivity index (χ3v) is 3.48. The molecule has 1 nitrogen and oxygen atoms in total. The minimum Gasteiger partial charge on any atom is -0.377 e. The van der Waals surface area contributed by atoms with Gasteiger partial charge in [-0.25, -0.2) is 0 Å². The van der Waals surface area contributed by atoms with Gasteiger partial charge in [0.1, 0.15) is 0 Å². The zero-order valence-corrected chi connectivity index (χ0v) is 11.7. The van der Waals surface area contributed by atoms with Gasteiger partial charge < -0.3 is 4.74 Å². The first-order chi connectivity index (χ1) is 6.71. The first kappa shape index (κ1) is 15.0. The number of thiol groups is 1. The van der Waals surface area contributed by atoms with Gasteiger partial charge in [-0.05, 0) is 17.8 Å². The summed E-state index contributed by atoms with van der Waals surface area (Å²) in [5, 5.41) is 0. The zero-order chi connectivity index (χ0) is 12.1. The van der Waals surface area contributed by atoms with Crippen LogP contribution in [-0.4, -0.2) is 18.0 Å². The van der Waals surface area contributed by atoms with Crippen molar-refractivity contribution in [3.63, 3.8) is 0 Å². The minimum atomic E-state index is 0.0705. The topological polar surface area (TPSA) is 9.23 Å². The predicted molar refractivity (Wildman–Crippen MR) is 71.6 cm³/mol. The van der Waals surface area contributed by atoms with Gasteiger partial charge in [0.2, 0.25) is 0 Å². The molecular weight excluding hydrogens is 204 g/mol. The fraction of sp³-hybridized carbons (Fsp3) is 0.846. The molecule has 0 saturated heterocycles. The Morgan fingerprint density at radius 1 is 1.33 bits per heavy atom. The van der Waals surface area contributed by atoms with E-state index < -0.39 is 0 Å². The number of hydrogen-bond donors (Lipinski definition) is 1. The standard InChI is InChI=1S/C13H26OS/c1-7-8-14-10-12(4,5)9-13(6,15)11(2)3/h7,11,15H,1,8-10H2,2-6H3. The van der Waals surface area contributed by atoms with Gasteiger partial charge in [-0.2, -0.15) is 12.6 Å². The molecule has 0 saturated carbocycles. The van der Waals surface area contributed by atoms with Crippen molar-refractivity contribution in [1.82, 2.24) is 0 Å². The molecule has 0 aromatic rings. The van der Waals surface area contributed by atoms with E-state index in [-0.39, 0.29) is 10.2 Å². The quantitative estimate of drug-likeness (QED) is 0.396. The van der Waals surface area contributed by atoms with E-state index in [0.717, 1.165) is 13.0 Å². The summed E-state index contributed by atoms with van der Waals surface area (Å²) in [6, 6.07) is 0. The van der Waals surface area contributed by atoms with Crippen LogP contribution in [-0.2, 0) is 4.74 Å². The van der Waals surface area contributed by atoms with E-state index in [1.807, 2.05) is 0 Å². The molecular formula is C13H26OS. The monoisotopic (exact) mass is 230 g/mol. The summed E-state index contributed by atoms with van der Waals surface area (Å²) in [5.74, 6) is 0.569. The van der Waals surface area contributed by atoms with E-state index in [2.05, 4.69) is 41.2 Å². The second kappa shape index (κ2) is 5.95. The van der Waals surface area contributed by atoms with Gasteiger partial charge in [-0.1, -0.05) is 40.7 Å². The molecule has 0 amide bonds. The fourth-order valence-electron chi connectivity index (χ4n) is 1.64. The second-order valence-electron chi connectivity index (χ2n) is 5.66. The maximum Gasteiger partial charge on any atom is 0.0645 e. The van der Waals surface area contributed by atoms with Crippen molar-refractivity contribution in [2.45, 2.75) is 45.8 Å². The Morgan fingerprint density at radius 3 is 2.27 bits per heavy atom. The Labute approximate surface area is 101 Å². The Hall–Kier alpha value is 0.0500. The third-order valence-electron chi connectivity index (χ3n) is 2.81. The lowest BCUT2D eigenvalue weighted by Crippen LogP contribution is -2.34. The molecule has 0 aliphatic carbocycles. The van der Waals surface area contributed by atoms with Crippen LogP contribution in [0, 0.1) is 11.3 Å². The van der Waals surface area contributed by atoms with Crippen LogP contribution in [0.25, 0.3) is 0 Å². The molecule has 1 unspecified atom stereocenters. The maximum absolute atomic E-state index is 5.52. The Morgan fingerprint density at radius 2 is 1.87 bits per heavy atom. The highest BCUT2D eigenvalue weighted by atomic mass is 32.1. The molecule has 15 heavy (non-hydrogen) atoms. The van der Waals surface area contributed by atoms with E-state index in [0.29, 0.717) is 12.5 Å². The molecule has 1 atom stereocenters. The average Bonchev–Trinajstić information content (AvgIpc) is 2.01. The van der Waals surface area contributed by atoms with Gasteiger partial charge in [-0.15, -0.1) is 6.58 Å². The molecule has 0 fully saturated rings. The Kier molecular flexibility index (Phi) is 5.97. The van der Waals surface area contributed by atoms with Crippen molar-refractivity contribution >= 4 is 12.6 Å². The smallest absolute Gasteiger partial charge is 0.0645 e. The highest BCUT2D eigenvalue weighted by Crippen LogP contribution is 2.37. The molecule has 0 aliphatic rings. The maximum atomic E-state index is 5.52. The third kappa shape index (κ3) is 6.26. The van der Waals surface area contributed by atoms with E-state index in [9.17, 15) is 0 Å². The van der Waals surface area contributed by atoms with Gasteiger partial charge >= 0.3 is 0 Å². The van der Waals surface area contributed by atoms with Crippen molar-refractivity contribution in [2.75, 3.05) is 13.2 Å². The van der Waals surface area contributed by atoms with Crippen molar-refractivity contribution in [3.05, 3.63) is 12.7 Å². The van der Waals surface area contributed by atoms with Crippen LogP contribution in [0.5, 0.6) is 0 Å². The van der Waals surface area contributed by atoms with Gasteiger partial charge in [0, 0.05) is 4.75 Å². The molecule has 0 heterocycles. The lowest BCUT2D eigenvalue weighted by Gasteiger charge is -2.36. The van der Waals surface area contributed by atoms with Crippen LogP contribution in [0.4, 0.5) is 0 Å². The largest absolute Gasteiger partial charge is 0.377 e.